The van der Waals surface area contributed by atoms with Crippen molar-refractivity contribution in [1.82, 2.24) is 20.2 Å². The molecule has 4 rings (SSSR count). The van der Waals surface area contributed by atoms with E-state index in [0.717, 1.165) is 35.1 Å². The quantitative estimate of drug-likeness (QED) is 0.851. The average Bonchev–Trinajstić information content (AvgIpc) is 3.15. The number of nitrogen functional groups attached to an aromatic ring is 1. The van der Waals surface area contributed by atoms with Gasteiger partial charge in [0.25, 0.3) is 0 Å². The summed E-state index contributed by atoms with van der Waals surface area (Å²) in [4.78, 5) is 0. The van der Waals surface area contributed by atoms with Crippen molar-refractivity contribution in [3.8, 4) is 11.4 Å². The molecule has 6 nitrogen and oxygen atoms in total. The van der Waals surface area contributed by atoms with E-state index in [4.69, 9.17) is 10.5 Å². The van der Waals surface area contributed by atoms with Crippen LogP contribution >= 0.6 is 15.9 Å². The Kier molecular flexibility index (Phi) is 2.78. The number of tetrazole rings is 1. The number of nitrogens with zero attached hydrogens (tertiary/aromatic N) is 4. The van der Waals surface area contributed by atoms with E-state index >= 15 is 0 Å². The summed E-state index contributed by atoms with van der Waals surface area (Å²) in [7, 11) is 0. The van der Waals surface area contributed by atoms with E-state index in [1.807, 2.05) is 22.9 Å². The Hall–Kier alpha value is -1.47. The zero-order chi connectivity index (χ0) is 13.7. The first-order valence-corrected chi connectivity index (χ1v) is 7.50. The van der Waals surface area contributed by atoms with Crippen molar-refractivity contribution in [3.63, 3.8) is 0 Å². The van der Waals surface area contributed by atoms with Gasteiger partial charge in [-0.15, -0.1) is 5.10 Å². The second-order valence-corrected chi connectivity index (χ2v) is 6.22. The van der Waals surface area contributed by atoms with Crippen LogP contribution in [0.2, 0.25) is 0 Å². The standard InChI is InChI=1S/C13H14BrN5O/c14-10-3-1-7(15)5-9(10)13-16-17-18-19(13)11-6-8-2-4-12(11)20-8/h1,3,5,8,11-12H,2,4,6,15H2. The molecule has 1 aromatic heterocycles. The van der Waals surface area contributed by atoms with Crippen molar-refractivity contribution in [2.75, 3.05) is 5.73 Å². The Morgan fingerprint density at radius 1 is 1.35 bits per heavy atom. The van der Waals surface area contributed by atoms with Crippen LogP contribution in [0.15, 0.2) is 22.7 Å². The lowest BCUT2D eigenvalue weighted by Crippen LogP contribution is -2.23. The molecule has 7 heteroatoms. The second-order valence-electron chi connectivity index (χ2n) is 5.36. The number of fused-ring (bicyclic) bond motifs is 2. The molecule has 0 aliphatic carbocycles. The molecule has 0 spiro atoms. The van der Waals surface area contributed by atoms with Crippen LogP contribution in [0.3, 0.4) is 0 Å². The minimum atomic E-state index is 0.229. The molecule has 2 aliphatic rings. The number of halogens is 1. The molecule has 2 bridgehead atoms. The molecule has 1 aromatic carbocycles. The first kappa shape index (κ1) is 12.3. The van der Waals surface area contributed by atoms with Gasteiger partial charge in [-0.25, -0.2) is 4.68 Å². The van der Waals surface area contributed by atoms with E-state index in [2.05, 4.69) is 31.5 Å². The third-order valence-corrected chi connectivity index (χ3v) is 4.80. The molecule has 2 aliphatic heterocycles. The van der Waals surface area contributed by atoms with Gasteiger partial charge in [-0.05, 0) is 47.9 Å². The summed E-state index contributed by atoms with van der Waals surface area (Å²) in [5.74, 6) is 0.741. The number of rotatable bonds is 2. The molecule has 0 saturated carbocycles. The van der Waals surface area contributed by atoms with Crippen molar-refractivity contribution < 1.29 is 4.74 Å². The minimum absolute atomic E-state index is 0.229. The van der Waals surface area contributed by atoms with Crippen LogP contribution in [-0.2, 0) is 4.74 Å². The molecular weight excluding hydrogens is 322 g/mol. The molecule has 3 heterocycles. The van der Waals surface area contributed by atoms with Crippen LogP contribution in [0.5, 0.6) is 0 Å². The van der Waals surface area contributed by atoms with Gasteiger partial charge in [-0.1, -0.05) is 15.9 Å². The van der Waals surface area contributed by atoms with E-state index in [-0.39, 0.29) is 12.1 Å². The predicted octanol–water partition coefficient (Wildman–Crippen LogP) is 2.18. The van der Waals surface area contributed by atoms with Crippen LogP contribution in [0, 0.1) is 0 Å². The first-order valence-electron chi connectivity index (χ1n) is 6.71. The molecular formula is C13H14BrN5O. The third kappa shape index (κ3) is 1.84. The van der Waals surface area contributed by atoms with Gasteiger partial charge in [0.2, 0.25) is 0 Å². The highest BCUT2D eigenvalue weighted by molar-refractivity contribution is 9.10. The predicted molar refractivity (Wildman–Crippen MR) is 76.9 cm³/mol. The zero-order valence-electron chi connectivity index (χ0n) is 10.7. The van der Waals surface area contributed by atoms with Crippen molar-refractivity contribution in [2.24, 2.45) is 0 Å². The number of aromatic nitrogens is 4. The highest BCUT2D eigenvalue weighted by Gasteiger charge is 2.43. The lowest BCUT2D eigenvalue weighted by Gasteiger charge is -2.19. The molecule has 2 N–H and O–H groups in total. The van der Waals surface area contributed by atoms with Gasteiger partial charge >= 0.3 is 0 Å². The van der Waals surface area contributed by atoms with Crippen LogP contribution in [-0.4, -0.2) is 32.4 Å². The smallest absolute Gasteiger partial charge is 0.183 e. The number of benzene rings is 1. The van der Waals surface area contributed by atoms with E-state index in [1.54, 1.807) is 0 Å². The number of ether oxygens (including phenoxy) is 1. The van der Waals surface area contributed by atoms with Gasteiger partial charge in [0.1, 0.15) is 0 Å². The summed E-state index contributed by atoms with van der Waals surface area (Å²) in [6.07, 6.45) is 3.84. The Labute approximate surface area is 124 Å². The second kappa shape index (κ2) is 4.53. The van der Waals surface area contributed by atoms with Crippen LogP contribution in [0.1, 0.15) is 25.3 Å². The van der Waals surface area contributed by atoms with Crippen molar-refractivity contribution in [3.05, 3.63) is 22.7 Å². The van der Waals surface area contributed by atoms with Crippen LogP contribution in [0.25, 0.3) is 11.4 Å². The van der Waals surface area contributed by atoms with Gasteiger partial charge in [-0.2, -0.15) is 0 Å². The number of hydrogen-bond donors (Lipinski definition) is 1. The molecule has 2 aromatic rings. The first-order chi connectivity index (χ1) is 9.72. The molecule has 0 amide bonds. The molecule has 3 unspecified atom stereocenters. The molecule has 104 valence electrons. The fraction of sp³-hybridized carbons (Fsp3) is 0.462. The maximum atomic E-state index is 5.90. The fourth-order valence-corrected chi connectivity index (χ4v) is 3.60. The normalized spacial score (nSPS) is 28.1. The maximum Gasteiger partial charge on any atom is 0.183 e. The van der Waals surface area contributed by atoms with Crippen molar-refractivity contribution in [2.45, 2.75) is 37.5 Å². The highest BCUT2D eigenvalue weighted by Crippen LogP contribution is 2.43. The maximum absolute atomic E-state index is 5.90. The van der Waals surface area contributed by atoms with E-state index in [9.17, 15) is 0 Å². The Morgan fingerprint density at radius 2 is 2.25 bits per heavy atom. The summed E-state index contributed by atoms with van der Waals surface area (Å²) in [5, 5.41) is 12.2. The average molecular weight is 336 g/mol. The zero-order valence-corrected chi connectivity index (χ0v) is 12.3. The summed E-state index contributed by atoms with van der Waals surface area (Å²) in [5.41, 5.74) is 7.49. The summed E-state index contributed by atoms with van der Waals surface area (Å²) >= 11 is 3.54. The minimum Gasteiger partial charge on any atom is -0.399 e. The topological polar surface area (TPSA) is 78.9 Å². The SMILES string of the molecule is Nc1ccc(Br)c(-c2nnnn2C2CC3CCC2O3)c1. The van der Waals surface area contributed by atoms with E-state index in [0.29, 0.717) is 11.8 Å². The van der Waals surface area contributed by atoms with Crippen molar-refractivity contribution >= 4 is 21.6 Å². The highest BCUT2D eigenvalue weighted by atomic mass is 79.9. The number of nitrogens with two attached hydrogens (primary N) is 1. The van der Waals surface area contributed by atoms with Gasteiger partial charge in [-0.3, -0.25) is 0 Å². The number of anilines is 1. The lowest BCUT2D eigenvalue weighted by molar-refractivity contribution is 0.0922. The Balaban J connectivity index is 1.77. The molecule has 2 fully saturated rings. The molecule has 2 saturated heterocycles. The van der Waals surface area contributed by atoms with Gasteiger partial charge in [0.05, 0.1) is 18.2 Å². The molecule has 3 atom stereocenters. The van der Waals surface area contributed by atoms with E-state index in [1.165, 1.54) is 0 Å². The third-order valence-electron chi connectivity index (χ3n) is 4.11. The van der Waals surface area contributed by atoms with E-state index < -0.39 is 0 Å². The summed E-state index contributed by atoms with van der Waals surface area (Å²) in [6, 6.07) is 5.89. The molecule has 20 heavy (non-hydrogen) atoms. The van der Waals surface area contributed by atoms with Crippen LogP contribution in [0.4, 0.5) is 5.69 Å². The Bertz CT molecular complexity index is 658. The van der Waals surface area contributed by atoms with Crippen molar-refractivity contribution in [1.29, 1.82) is 0 Å². The monoisotopic (exact) mass is 335 g/mol. The van der Waals surface area contributed by atoms with Gasteiger partial charge < -0.3 is 10.5 Å². The summed E-state index contributed by atoms with van der Waals surface area (Å²) < 4.78 is 8.73. The fourth-order valence-electron chi connectivity index (χ4n) is 3.18. The number of hydrogen-bond acceptors (Lipinski definition) is 5. The lowest BCUT2D eigenvalue weighted by atomic mass is 9.95. The largest absolute Gasteiger partial charge is 0.399 e. The Morgan fingerprint density at radius 3 is 3.00 bits per heavy atom. The van der Waals surface area contributed by atoms with Crippen LogP contribution < -0.4 is 5.73 Å². The summed E-state index contributed by atoms with van der Waals surface area (Å²) in [6.45, 7) is 0. The van der Waals surface area contributed by atoms with Gasteiger partial charge in [0, 0.05) is 15.7 Å². The molecule has 0 radical (unpaired) electrons. The van der Waals surface area contributed by atoms with Gasteiger partial charge in [0.15, 0.2) is 5.82 Å².